The van der Waals surface area contributed by atoms with Gasteiger partial charge in [-0.15, -0.1) is 0 Å². The molecular formula is C40H58N4O6. The number of hydrogen-bond donors (Lipinski definition) is 4. The topological polar surface area (TPSA) is 129 Å². The second-order valence-electron chi connectivity index (χ2n) is 15.7. The quantitative estimate of drug-likeness (QED) is 0.236. The summed E-state index contributed by atoms with van der Waals surface area (Å²) >= 11 is 0. The lowest BCUT2D eigenvalue weighted by Gasteiger charge is -2.47. The Morgan fingerprint density at radius 2 is 1.56 bits per heavy atom. The van der Waals surface area contributed by atoms with E-state index in [0.717, 1.165) is 55.5 Å². The smallest absolute Gasteiger partial charge is 0.407 e. The Balaban J connectivity index is 1.27. The summed E-state index contributed by atoms with van der Waals surface area (Å²) in [6, 6.07) is 15.9. The summed E-state index contributed by atoms with van der Waals surface area (Å²) in [5.41, 5.74) is 1.48. The lowest BCUT2D eigenvalue weighted by molar-refractivity contribution is -0.134. The van der Waals surface area contributed by atoms with Crippen LogP contribution in [0.1, 0.15) is 89.7 Å². The summed E-state index contributed by atoms with van der Waals surface area (Å²) in [5.74, 6) is 1.13. The number of aliphatic hydroxyl groups is 1. The first kappa shape index (κ1) is 37.6. The minimum atomic E-state index is -0.909. The molecule has 3 fully saturated rings. The molecule has 3 amide bonds. The van der Waals surface area contributed by atoms with Crippen molar-refractivity contribution in [3.8, 4) is 5.75 Å². The Hall–Kier alpha value is -3.63. The van der Waals surface area contributed by atoms with Gasteiger partial charge in [-0.05, 0) is 88.0 Å². The SMILES string of the molecule is COc1ccc(COC(=O)NC2CCCCC2C(=O)N[C@@H](Cc2ccccc2)[C@H](O)CN2C[C@H]3CCCC[C@H]3C[C@@H]2C(=O)NC(C)(C)C)cc1. The number of methoxy groups -OCH3 is 1. The van der Waals surface area contributed by atoms with E-state index in [0.29, 0.717) is 31.1 Å². The van der Waals surface area contributed by atoms with Crippen molar-refractivity contribution >= 4 is 17.9 Å². The van der Waals surface area contributed by atoms with Crippen LogP contribution in [0.25, 0.3) is 0 Å². The highest BCUT2D eigenvalue weighted by atomic mass is 16.5. The zero-order valence-corrected chi connectivity index (χ0v) is 30.4. The average Bonchev–Trinajstić information content (AvgIpc) is 3.10. The first-order valence-electron chi connectivity index (χ1n) is 18.6. The van der Waals surface area contributed by atoms with Gasteiger partial charge in [0, 0.05) is 24.7 Å². The van der Waals surface area contributed by atoms with Crippen molar-refractivity contribution in [2.45, 2.75) is 121 Å². The van der Waals surface area contributed by atoms with Gasteiger partial charge in [0.2, 0.25) is 11.8 Å². The maximum absolute atomic E-state index is 14.0. The third-order valence-corrected chi connectivity index (χ3v) is 10.8. The predicted octanol–water partition coefficient (Wildman–Crippen LogP) is 5.36. The monoisotopic (exact) mass is 690 g/mol. The van der Waals surface area contributed by atoms with E-state index in [1.807, 2.05) is 75.4 Å². The molecule has 1 saturated heterocycles. The van der Waals surface area contributed by atoms with Gasteiger partial charge in [0.25, 0.3) is 0 Å². The van der Waals surface area contributed by atoms with Crippen LogP contribution in [-0.4, -0.2) is 77.9 Å². The summed E-state index contributed by atoms with van der Waals surface area (Å²) < 4.78 is 10.7. The van der Waals surface area contributed by atoms with E-state index in [1.165, 1.54) is 12.8 Å². The van der Waals surface area contributed by atoms with Crippen LogP contribution in [0.4, 0.5) is 4.79 Å². The normalized spacial score (nSPS) is 25.3. The van der Waals surface area contributed by atoms with Gasteiger partial charge in [0.15, 0.2) is 0 Å². The Morgan fingerprint density at radius 3 is 2.26 bits per heavy atom. The standard InChI is InChI=1S/C40H58N4O6/c1-40(2,3)43-38(47)35-23-29-14-8-9-15-30(29)24-44(35)25-36(45)34(22-27-12-6-5-7-13-27)41-37(46)32-16-10-11-17-33(32)42-39(48)50-26-28-18-20-31(49-4)21-19-28/h5-7,12-13,18-21,29-30,32-36,45H,8-11,14-17,22-26H2,1-4H3,(H,41,46)(H,42,48)(H,43,47)/t29-,30+,32?,33?,34-,35+,36+/m0/s1. The summed E-state index contributed by atoms with van der Waals surface area (Å²) in [6.07, 6.45) is 7.56. The van der Waals surface area contributed by atoms with E-state index < -0.39 is 24.2 Å². The van der Waals surface area contributed by atoms with Gasteiger partial charge in [0.1, 0.15) is 12.4 Å². The Bertz CT molecular complexity index is 1400. The van der Waals surface area contributed by atoms with Gasteiger partial charge in [0.05, 0.1) is 31.2 Å². The third kappa shape index (κ3) is 10.7. The Morgan fingerprint density at radius 1 is 0.880 bits per heavy atom. The maximum atomic E-state index is 14.0. The third-order valence-electron chi connectivity index (χ3n) is 10.8. The Kier molecular flexibility index (Phi) is 13.2. The molecule has 0 radical (unpaired) electrons. The first-order valence-corrected chi connectivity index (χ1v) is 18.6. The molecule has 274 valence electrons. The molecule has 1 heterocycles. The predicted molar refractivity (Wildman–Crippen MR) is 193 cm³/mol. The number of piperidine rings is 1. The van der Waals surface area contributed by atoms with Gasteiger partial charge < -0.3 is 30.5 Å². The number of carbonyl (C=O) groups is 3. The molecule has 1 aliphatic heterocycles. The number of nitrogens with zero attached hydrogens (tertiary/aromatic N) is 1. The average molecular weight is 691 g/mol. The number of nitrogens with one attached hydrogen (secondary N) is 3. The summed E-state index contributed by atoms with van der Waals surface area (Å²) in [7, 11) is 1.60. The minimum Gasteiger partial charge on any atom is -0.497 e. The fourth-order valence-electron chi connectivity index (χ4n) is 8.12. The molecule has 2 aromatic carbocycles. The molecule has 7 atom stereocenters. The molecule has 2 unspecified atom stereocenters. The molecular weight excluding hydrogens is 632 g/mol. The summed E-state index contributed by atoms with van der Waals surface area (Å²) in [5, 5.41) is 21.3. The number of fused-ring (bicyclic) bond motifs is 1. The van der Waals surface area contributed by atoms with E-state index in [9.17, 15) is 19.5 Å². The van der Waals surface area contributed by atoms with Crippen LogP contribution in [0.2, 0.25) is 0 Å². The molecule has 2 saturated carbocycles. The number of rotatable bonds is 12. The number of carbonyl (C=O) groups excluding carboxylic acids is 3. The highest BCUT2D eigenvalue weighted by molar-refractivity contribution is 5.82. The lowest BCUT2D eigenvalue weighted by Crippen LogP contribution is -2.60. The van der Waals surface area contributed by atoms with Crippen molar-refractivity contribution in [1.29, 1.82) is 0 Å². The molecule has 10 nitrogen and oxygen atoms in total. The number of benzene rings is 2. The second kappa shape index (κ2) is 17.5. The Labute approximate surface area is 298 Å². The van der Waals surface area contributed by atoms with E-state index in [4.69, 9.17) is 9.47 Å². The molecule has 10 heteroatoms. The summed E-state index contributed by atoms with van der Waals surface area (Å²) in [4.78, 5) is 42.7. The number of likely N-dealkylation sites (tertiary alicyclic amines) is 1. The molecule has 5 rings (SSSR count). The molecule has 4 N–H and O–H groups in total. The van der Waals surface area contributed by atoms with Crippen molar-refractivity contribution < 1.29 is 29.0 Å². The highest BCUT2D eigenvalue weighted by Gasteiger charge is 2.42. The van der Waals surface area contributed by atoms with Crippen molar-refractivity contribution in [2.24, 2.45) is 17.8 Å². The molecule has 2 aromatic rings. The van der Waals surface area contributed by atoms with Gasteiger partial charge in [-0.3, -0.25) is 14.5 Å². The molecule has 50 heavy (non-hydrogen) atoms. The van der Waals surface area contributed by atoms with Crippen LogP contribution in [0.15, 0.2) is 54.6 Å². The molecule has 0 spiro atoms. The highest BCUT2D eigenvalue weighted by Crippen LogP contribution is 2.39. The van der Waals surface area contributed by atoms with Gasteiger partial charge in [-0.2, -0.15) is 0 Å². The van der Waals surface area contributed by atoms with Crippen LogP contribution >= 0.6 is 0 Å². The summed E-state index contributed by atoms with van der Waals surface area (Å²) in [6.45, 7) is 7.15. The van der Waals surface area contributed by atoms with Gasteiger partial charge >= 0.3 is 6.09 Å². The van der Waals surface area contributed by atoms with E-state index in [-0.39, 0.29) is 42.6 Å². The van der Waals surface area contributed by atoms with Crippen LogP contribution in [0, 0.1) is 17.8 Å². The van der Waals surface area contributed by atoms with Crippen LogP contribution in [-0.2, 0) is 27.4 Å². The number of amides is 3. The lowest BCUT2D eigenvalue weighted by atomic mass is 9.72. The molecule has 3 aliphatic rings. The van der Waals surface area contributed by atoms with E-state index >= 15 is 0 Å². The fourth-order valence-corrected chi connectivity index (χ4v) is 8.12. The van der Waals surface area contributed by atoms with Gasteiger partial charge in [-0.1, -0.05) is 74.6 Å². The van der Waals surface area contributed by atoms with Crippen molar-refractivity contribution in [1.82, 2.24) is 20.9 Å². The zero-order valence-electron chi connectivity index (χ0n) is 30.4. The van der Waals surface area contributed by atoms with Crippen LogP contribution in [0.3, 0.4) is 0 Å². The molecule has 0 bridgehead atoms. The number of ether oxygens (including phenoxy) is 2. The largest absolute Gasteiger partial charge is 0.497 e. The fraction of sp³-hybridized carbons (Fsp3) is 0.625. The van der Waals surface area contributed by atoms with E-state index in [2.05, 4.69) is 20.9 Å². The number of alkyl carbamates (subject to hydrolysis) is 1. The van der Waals surface area contributed by atoms with Crippen molar-refractivity contribution in [3.63, 3.8) is 0 Å². The zero-order chi connectivity index (χ0) is 35.7. The van der Waals surface area contributed by atoms with Crippen LogP contribution in [0.5, 0.6) is 5.75 Å². The van der Waals surface area contributed by atoms with E-state index in [1.54, 1.807) is 7.11 Å². The first-order chi connectivity index (χ1) is 24.0. The number of β-amino-alcohol motifs (C(OH)–C–C–N with tert-alkyl or cyclic N) is 1. The molecule has 0 aromatic heterocycles. The maximum Gasteiger partial charge on any atom is 0.407 e. The van der Waals surface area contributed by atoms with Crippen molar-refractivity contribution in [3.05, 3.63) is 65.7 Å². The van der Waals surface area contributed by atoms with Crippen molar-refractivity contribution in [2.75, 3.05) is 20.2 Å². The second-order valence-corrected chi connectivity index (χ2v) is 15.7. The van der Waals surface area contributed by atoms with Gasteiger partial charge in [-0.25, -0.2) is 4.79 Å². The molecule has 2 aliphatic carbocycles. The minimum absolute atomic E-state index is 0.00682. The van der Waals surface area contributed by atoms with Crippen LogP contribution < -0.4 is 20.7 Å². The number of aliphatic hydroxyl groups excluding tert-OH is 1. The number of hydrogen-bond acceptors (Lipinski definition) is 7.